The molecule has 9 heteroatoms. The lowest BCUT2D eigenvalue weighted by atomic mass is 10.0. The smallest absolute Gasteiger partial charge is 0.306 e. The van der Waals surface area contributed by atoms with Crippen LogP contribution in [0, 0.1) is 0 Å². The molecule has 0 saturated carbocycles. The first-order valence-electron chi connectivity index (χ1n) is 25.5. The fourth-order valence-electron chi connectivity index (χ4n) is 6.89. The van der Waals surface area contributed by atoms with Crippen LogP contribution in [-0.4, -0.2) is 70.7 Å². The average molecular weight is 892 g/mol. The van der Waals surface area contributed by atoms with Crippen LogP contribution in [0.3, 0.4) is 0 Å². The summed E-state index contributed by atoms with van der Waals surface area (Å²) in [4.78, 5) is 25.2. The van der Waals surface area contributed by atoms with Gasteiger partial charge in [-0.25, -0.2) is 0 Å². The zero-order chi connectivity index (χ0) is 45.5. The Morgan fingerprint density at radius 3 is 1.42 bits per heavy atom. The van der Waals surface area contributed by atoms with E-state index in [9.17, 15) is 14.3 Å². The van der Waals surface area contributed by atoms with E-state index in [-0.39, 0.29) is 25.8 Å². The third-order valence-electron chi connectivity index (χ3n) is 10.8. The molecular weight excluding hydrogens is 794 g/mol. The summed E-state index contributed by atoms with van der Waals surface area (Å²) in [5.41, 5.74) is 0. The van der Waals surface area contributed by atoms with Crippen molar-refractivity contribution in [2.45, 2.75) is 219 Å². The Labute approximate surface area is 383 Å². The largest absolute Gasteiger partial charge is 0.756 e. The molecule has 0 rings (SSSR count). The van der Waals surface area contributed by atoms with Gasteiger partial charge in [0.2, 0.25) is 0 Å². The summed E-state index contributed by atoms with van der Waals surface area (Å²) in [5, 5.41) is 0. The van der Waals surface area contributed by atoms with Gasteiger partial charge in [-0.1, -0.05) is 190 Å². The van der Waals surface area contributed by atoms with Gasteiger partial charge in [0.15, 0.2) is 0 Å². The molecule has 0 radical (unpaired) electrons. The molecule has 2 unspecified atom stereocenters. The van der Waals surface area contributed by atoms with Gasteiger partial charge in [-0.3, -0.25) is 9.36 Å². The molecule has 0 aromatic heterocycles. The van der Waals surface area contributed by atoms with E-state index in [1.54, 1.807) is 0 Å². The highest BCUT2D eigenvalue weighted by Gasteiger charge is 2.20. The van der Waals surface area contributed by atoms with E-state index in [4.69, 9.17) is 18.5 Å². The fraction of sp³-hybridized carbons (Fsp3) is 0.792. The monoisotopic (exact) mass is 892 g/mol. The molecule has 0 aliphatic heterocycles. The first-order chi connectivity index (χ1) is 30.1. The summed E-state index contributed by atoms with van der Waals surface area (Å²) in [6.45, 7) is 5.29. The van der Waals surface area contributed by atoms with Crippen molar-refractivity contribution >= 4 is 13.8 Å². The number of carbonyl (C=O) groups is 1. The van der Waals surface area contributed by atoms with Gasteiger partial charge < -0.3 is 27.9 Å². The van der Waals surface area contributed by atoms with Crippen molar-refractivity contribution in [1.29, 1.82) is 0 Å². The molecule has 0 aliphatic rings. The number of allylic oxidation sites excluding steroid dienone is 10. The summed E-state index contributed by atoms with van der Waals surface area (Å²) in [6.07, 6.45) is 58.1. The van der Waals surface area contributed by atoms with Gasteiger partial charge in [-0.15, -0.1) is 0 Å². The van der Waals surface area contributed by atoms with E-state index in [0.29, 0.717) is 24.1 Å². The van der Waals surface area contributed by atoms with Crippen LogP contribution in [0.2, 0.25) is 0 Å². The first-order valence-corrected chi connectivity index (χ1v) is 27.0. The lowest BCUT2D eigenvalue weighted by Crippen LogP contribution is -2.37. The molecule has 0 N–H and O–H groups in total. The Balaban J connectivity index is 4.16. The Kier molecular flexibility index (Phi) is 44.4. The Hall–Kier alpha value is -1.80. The number of likely N-dealkylation sites (N-methyl/N-ethyl adjacent to an activating group) is 1. The zero-order valence-electron chi connectivity index (χ0n) is 41.1. The van der Waals surface area contributed by atoms with Crippen LogP contribution in [0.25, 0.3) is 0 Å². The van der Waals surface area contributed by atoms with Crippen LogP contribution in [0.1, 0.15) is 213 Å². The number of unbranched alkanes of at least 4 members (excludes halogenated alkanes) is 23. The lowest BCUT2D eigenvalue weighted by Gasteiger charge is -2.28. The standard InChI is InChI=1S/C53H98NO7P/c1-6-8-10-12-14-16-18-20-22-24-25-26-27-28-29-30-32-34-36-38-40-42-44-46-53(55)61-52(51-60-62(56,57)59-49-47-54(3,4)5)50-58-48-45-43-41-39-37-35-33-31-23-21-19-17-15-13-11-9-7-2/h8,10,14,16,20,22-23,25-26,31,52H,6-7,9,11-13,15,17-19,21,24,27-30,32-51H2,1-5H3/b10-8-,16-14-,22-20-,26-25-,31-23-. The third-order valence-corrected chi connectivity index (χ3v) is 11.8. The summed E-state index contributed by atoms with van der Waals surface area (Å²) in [6, 6.07) is 0. The van der Waals surface area contributed by atoms with Crippen molar-refractivity contribution in [3.05, 3.63) is 60.8 Å². The maximum Gasteiger partial charge on any atom is 0.306 e. The van der Waals surface area contributed by atoms with Crippen molar-refractivity contribution in [3.63, 3.8) is 0 Å². The number of quaternary nitrogens is 1. The van der Waals surface area contributed by atoms with Crippen LogP contribution in [0.15, 0.2) is 60.8 Å². The van der Waals surface area contributed by atoms with Crippen molar-refractivity contribution < 1.29 is 37.3 Å². The van der Waals surface area contributed by atoms with Gasteiger partial charge in [0.05, 0.1) is 34.4 Å². The lowest BCUT2D eigenvalue weighted by molar-refractivity contribution is -0.870. The Morgan fingerprint density at radius 1 is 0.516 bits per heavy atom. The number of carbonyl (C=O) groups excluding carboxylic acids is 1. The Morgan fingerprint density at radius 2 is 0.935 bits per heavy atom. The van der Waals surface area contributed by atoms with E-state index in [1.165, 1.54) is 135 Å². The molecule has 0 aliphatic carbocycles. The maximum atomic E-state index is 12.7. The first kappa shape index (κ1) is 60.2. The molecule has 0 amide bonds. The molecule has 2 atom stereocenters. The SMILES string of the molecule is CC/C=C\C/C=C\C/C=C\C/C=C\CCCCCCCCCCCCC(=O)OC(COCCCCCCCC/C=C\CCCCCCCCC)COP(=O)([O-])OCC[N+](C)(C)C. The van der Waals surface area contributed by atoms with Crippen molar-refractivity contribution in [2.24, 2.45) is 0 Å². The molecule has 0 aromatic rings. The van der Waals surface area contributed by atoms with E-state index in [0.717, 1.165) is 57.8 Å². The van der Waals surface area contributed by atoms with E-state index >= 15 is 0 Å². The average Bonchev–Trinajstić information content (AvgIpc) is 3.23. The summed E-state index contributed by atoms with van der Waals surface area (Å²) in [5.74, 6) is -0.341. The molecule has 362 valence electrons. The van der Waals surface area contributed by atoms with Gasteiger partial charge in [0.25, 0.3) is 7.82 Å². The normalized spacial score (nSPS) is 14.1. The molecule has 0 spiro atoms. The molecule has 62 heavy (non-hydrogen) atoms. The van der Waals surface area contributed by atoms with Crippen molar-refractivity contribution in [1.82, 2.24) is 0 Å². The van der Waals surface area contributed by atoms with E-state index in [1.807, 2.05) is 21.1 Å². The van der Waals surface area contributed by atoms with Crippen molar-refractivity contribution in [2.75, 3.05) is 54.1 Å². The summed E-state index contributed by atoms with van der Waals surface area (Å²) in [7, 11) is 1.35. The van der Waals surface area contributed by atoms with Gasteiger partial charge in [-0.2, -0.15) is 0 Å². The second-order valence-electron chi connectivity index (χ2n) is 18.1. The number of hydrogen-bond donors (Lipinski definition) is 0. The van der Waals surface area contributed by atoms with Crippen LogP contribution >= 0.6 is 7.82 Å². The van der Waals surface area contributed by atoms with Crippen LogP contribution in [-0.2, 0) is 27.9 Å². The minimum Gasteiger partial charge on any atom is -0.756 e. The highest BCUT2D eigenvalue weighted by atomic mass is 31.2. The second-order valence-corrected chi connectivity index (χ2v) is 19.6. The summed E-state index contributed by atoms with van der Waals surface area (Å²) < 4.78 is 34.7. The van der Waals surface area contributed by atoms with Gasteiger partial charge in [0.1, 0.15) is 19.3 Å². The van der Waals surface area contributed by atoms with Gasteiger partial charge in [-0.05, 0) is 77.0 Å². The number of esters is 1. The highest BCUT2D eigenvalue weighted by Crippen LogP contribution is 2.38. The molecule has 0 bridgehead atoms. The van der Waals surface area contributed by atoms with Crippen molar-refractivity contribution in [3.8, 4) is 0 Å². The number of ether oxygens (including phenoxy) is 2. The molecule has 0 saturated heterocycles. The Bertz CT molecular complexity index is 1170. The zero-order valence-corrected chi connectivity index (χ0v) is 42.0. The quantitative estimate of drug-likeness (QED) is 0.0197. The predicted molar refractivity (Wildman–Crippen MR) is 263 cm³/mol. The maximum absolute atomic E-state index is 12.7. The van der Waals surface area contributed by atoms with E-state index < -0.39 is 13.9 Å². The minimum absolute atomic E-state index is 0.0223. The topological polar surface area (TPSA) is 94.1 Å². The molecule has 0 fully saturated rings. The van der Waals surface area contributed by atoms with Crippen LogP contribution < -0.4 is 4.89 Å². The molecule has 8 nitrogen and oxygen atoms in total. The number of phosphoric ester groups is 1. The number of phosphoric acid groups is 1. The second kappa shape index (κ2) is 45.8. The van der Waals surface area contributed by atoms with Crippen LogP contribution in [0.5, 0.6) is 0 Å². The minimum atomic E-state index is -4.53. The molecule has 0 aromatic carbocycles. The van der Waals surface area contributed by atoms with Gasteiger partial charge >= 0.3 is 5.97 Å². The van der Waals surface area contributed by atoms with E-state index in [2.05, 4.69) is 74.6 Å². The fourth-order valence-corrected chi connectivity index (χ4v) is 7.61. The third kappa shape index (κ3) is 49.2. The van der Waals surface area contributed by atoms with Crippen LogP contribution in [0.4, 0.5) is 0 Å². The number of hydrogen-bond acceptors (Lipinski definition) is 7. The number of rotatable bonds is 47. The predicted octanol–water partition coefficient (Wildman–Crippen LogP) is 15.0. The molecular formula is C53H98NO7P. The highest BCUT2D eigenvalue weighted by molar-refractivity contribution is 7.45. The van der Waals surface area contributed by atoms with Gasteiger partial charge in [0, 0.05) is 13.0 Å². The summed E-state index contributed by atoms with van der Waals surface area (Å²) >= 11 is 0. The molecule has 0 heterocycles. The number of nitrogens with zero attached hydrogens (tertiary/aromatic N) is 1.